The molecule has 5 heterocycles. The van der Waals surface area contributed by atoms with Crippen molar-refractivity contribution in [1.82, 2.24) is 10.6 Å². The van der Waals surface area contributed by atoms with Crippen molar-refractivity contribution >= 4 is 17.8 Å². The van der Waals surface area contributed by atoms with Gasteiger partial charge in [0.15, 0.2) is 25.2 Å². The van der Waals surface area contributed by atoms with Gasteiger partial charge in [0.1, 0.15) is 97.6 Å². The van der Waals surface area contributed by atoms with E-state index in [2.05, 4.69) is 10.6 Å². The highest BCUT2D eigenvalue weighted by Gasteiger charge is 2.61. The molecule has 5 fully saturated rings. The second-order valence-electron chi connectivity index (χ2n) is 17.1. The molecule has 68 heavy (non-hydrogen) atoms. The van der Waals surface area contributed by atoms with Gasteiger partial charge in [-0.25, -0.2) is 4.79 Å². The molecule has 5 saturated heterocycles. The van der Waals surface area contributed by atoms with E-state index in [1.54, 1.807) is 6.92 Å². The fourth-order valence-electron chi connectivity index (χ4n) is 8.77. The van der Waals surface area contributed by atoms with Crippen molar-refractivity contribution in [2.24, 2.45) is 0 Å². The van der Waals surface area contributed by atoms with Gasteiger partial charge in [-0.1, -0.05) is 0 Å². The van der Waals surface area contributed by atoms with E-state index in [9.17, 15) is 85.9 Å². The SMILES string of the molecule is CCO[C@@H]1O[C@H](CO)[C@H](O)[C@H](O[C@@H]2O[C@H](CO)[C@@H](O[C@@H]3O[C@H](CO)[C@H](O)[C@H](O[C@]4(C(=O)O)C[C@H](O)[C@@H](NC(C)=O)[C@H]([C@@H](O)[C@H](O)CO)O4)[C@H]3O)[C@H](O[C@H]3C[C@H](O)[C@H](O)[C@H](C)O3)[C@H]2NC(C)=O)[C@H]1O. The normalized spacial score (nSPS) is 45.5. The molecule has 0 saturated carbocycles. The first kappa shape index (κ1) is 56.4. The molecule has 0 aromatic heterocycles. The number of carboxylic acid groups (broad SMARTS) is 1. The van der Waals surface area contributed by atoms with Gasteiger partial charge in [-0.2, -0.15) is 0 Å². The standard InChI is InChI=1S/C39H66N2O27/c1-5-59-36-28(55)33(26(53)18(9-43)61-36)66-35-23(41-14(4)47)32(64-21-6-15(48)24(51)12(2)60-21)30(20(11-45)63-35)65-37-29(56)34(27(54)19(10-44)62-37)68-39(38(57)58)7-16(49)22(40-13(3)46)31(67-39)25(52)17(50)8-42/h12,15-37,42-45,48-56H,5-11H2,1-4H3,(H,40,46)(H,41,47)(H,57,58)/t12-,15-,16-,17+,18+,19+,20+,21-,22+,23+,24+,25-,26-,27-,28+,29+,30+,31+,32+,33-,34-,35-,36+,37-,39-/m0/s1. The van der Waals surface area contributed by atoms with E-state index in [-0.39, 0.29) is 6.61 Å². The van der Waals surface area contributed by atoms with Gasteiger partial charge < -0.3 is 129 Å². The predicted octanol–water partition coefficient (Wildman–Crippen LogP) is -9.33. The van der Waals surface area contributed by atoms with Crippen LogP contribution in [0.25, 0.3) is 0 Å². The summed E-state index contributed by atoms with van der Waals surface area (Å²) in [5.74, 6) is -6.79. The number of amides is 2. The molecule has 5 rings (SSSR count). The summed E-state index contributed by atoms with van der Waals surface area (Å²) >= 11 is 0. The van der Waals surface area contributed by atoms with Crippen LogP contribution in [0, 0.1) is 0 Å². The van der Waals surface area contributed by atoms with Crippen LogP contribution in [0.2, 0.25) is 0 Å². The number of nitrogens with one attached hydrogen (secondary N) is 2. The molecule has 0 aromatic rings. The van der Waals surface area contributed by atoms with E-state index in [0.29, 0.717) is 0 Å². The maximum Gasteiger partial charge on any atom is 0.364 e. The zero-order valence-electron chi connectivity index (χ0n) is 37.4. The third-order valence-electron chi connectivity index (χ3n) is 12.3. The van der Waals surface area contributed by atoms with Crippen molar-refractivity contribution in [2.45, 2.75) is 193 Å². The molecule has 5 aliphatic rings. The van der Waals surface area contributed by atoms with Crippen LogP contribution in [0.1, 0.15) is 40.5 Å². The second kappa shape index (κ2) is 24.3. The molecule has 0 radical (unpaired) electrons. The minimum atomic E-state index is -3.16. The van der Waals surface area contributed by atoms with Gasteiger partial charge in [0, 0.05) is 33.3 Å². The molecule has 0 bridgehead atoms. The van der Waals surface area contributed by atoms with Crippen LogP contribution in [0.3, 0.4) is 0 Å². The summed E-state index contributed by atoms with van der Waals surface area (Å²) in [6.45, 7) is 1.05. The van der Waals surface area contributed by atoms with E-state index in [4.69, 9.17) is 47.4 Å². The summed E-state index contributed by atoms with van der Waals surface area (Å²) in [5, 5.41) is 155. The highest BCUT2D eigenvalue weighted by Crippen LogP contribution is 2.40. The lowest BCUT2D eigenvalue weighted by molar-refractivity contribution is -0.394. The van der Waals surface area contributed by atoms with E-state index < -0.39 is 210 Å². The Labute approximate surface area is 387 Å². The lowest BCUT2D eigenvalue weighted by atomic mass is 9.88. The summed E-state index contributed by atoms with van der Waals surface area (Å²) < 4.78 is 58.6. The average molecular weight is 995 g/mol. The molecular weight excluding hydrogens is 928 g/mol. The molecule has 2 amide bonds. The summed E-state index contributed by atoms with van der Waals surface area (Å²) in [7, 11) is 0. The van der Waals surface area contributed by atoms with E-state index in [1.807, 2.05) is 0 Å². The maximum absolute atomic E-state index is 13.1. The Hall–Kier alpha value is -2.51. The zero-order valence-corrected chi connectivity index (χ0v) is 37.4. The number of carbonyl (C=O) groups excluding carboxylic acids is 2. The van der Waals surface area contributed by atoms with Gasteiger partial charge in [-0.05, 0) is 13.8 Å². The first-order chi connectivity index (χ1) is 32.1. The Kier molecular flexibility index (Phi) is 20.1. The molecule has 0 spiro atoms. The minimum Gasteiger partial charge on any atom is -0.477 e. The van der Waals surface area contributed by atoms with E-state index in [0.717, 1.165) is 13.8 Å². The first-order valence-electron chi connectivity index (χ1n) is 22.0. The Bertz CT molecular complexity index is 1630. The molecule has 0 aromatic carbocycles. The van der Waals surface area contributed by atoms with Crippen LogP contribution in [0.4, 0.5) is 0 Å². The van der Waals surface area contributed by atoms with Crippen LogP contribution < -0.4 is 10.6 Å². The minimum absolute atomic E-state index is 0.00207. The van der Waals surface area contributed by atoms with Crippen LogP contribution >= 0.6 is 0 Å². The monoisotopic (exact) mass is 994 g/mol. The lowest BCUT2D eigenvalue weighted by Gasteiger charge is -2.52. The van der Waals surface area contributed by atoms with Crippen molar-refractivity contribution in [3.63, 3.8) is 0 Å². The highest BCUT2D eigenvalue weighted by molar-refractivity contribution is 5.76. The number of hydrogen-bond donors (Lipinski definition) is 16. The number of aliphatic hydroxyl groups is 13. The maximum atomic E-state index is 13.1. The summed E-state index contributed by atoms with van der Waals surface area (Å²) in [5.41, 5.74) is 0. The third kappa shape index (κ3) is 12.4. The molecule has 0 unspecified atom stereocenters. The topological polar surface area (TPSA) is 451 Å². The van der Waals surface area contributed by atoms with Crippen LogP contribution in [-0.2, 0) is 61.8 Å². The highest BCUT2D eigenvalue weighted by atomic mass is 16.8. The van der Waals surface area contributed by atoms with Gasteiger partial charge in [-0.3, -0.25) is 9.59 Å². The number of rotatable bonds is 19. The molecule has 29 heteroatoms. The molecule has 25 atom stereocenters. The Morgan fingerprint density at radius 2 is 1.21 bits per heavy atom. The Morgan fingerprint density at radius 3 is 1.75 bits per heavy atom. The summed E-state index contributed by atoms with van der Waals surface area (Å²) in [4.78, 5) is 38.1. The first-order valence-corrected chi connectivity index (χ1v) is 22.0. The van der Waals surface area contributed by atoms with Crippen molar-refractivity contribution in [2.75, 3.05) is 33.0 Å². The molecule has 29 nitrogen and oxygen atoms in total. The molecule has 16 N–H and O–H groups in total. The van der Waals surface area contributed by atoms with Gasteiger partial charge >= 0.3 is 5.97 Å². The van der Waals surface area contributed by atoms with Gasteiger partial charge in [0.2, 0.25) is 11.8 Å². The quantitative estimate of drug-likeness (QED) is 0.0571. The third-order valence-corrected chi connectivity index (χ3v) is 12.3. The Morgan fingerprint density at radius 1 is 0.662 bits per heavy atom. The van der Waals surface area contributed by atoms with Crippen LogP contribution in [0.5, 0.6) is 0 Å². The summed E-state index contributed by atoms with van der Waals surface area (Å²) in [6.07, 6.45) is -41.1. The molecule has 394 valence electrons. The molecular formula is C39H66N2O27. The predicted molar refractivity (Wildman–Crippen MR) is 214 cm³/mol. The number of aliphatic carboxylic acids is 1. The Balaban J connectivity index is 1.53. The van der Waals surface area contributed by atoms with Crippen molar-refractivity contribution in [3.05, 3.63) is 0 Å². The molecule has 5 aliphatic heterocycles. The van der Waals surface area contributed by atoms with E-state index >= 15 is 0 Å². The van der Waals surface area contributed by atoms with Gasteiger partial charge in [0.25, 0.3) is 5.79 Å². The zero-order chi connectivity index (χ0) is 50.5. The second-order valence-corrected chi connectivity index (χ2v) is 17.1. The number of carboxylic acids is 1. The van der Waals surface area contributed by atoms with Crippen LogP contribution in [0.15, 0.2) is 0 Å². The molecule has 0 aliphatic carbocycles. The number of hydrogen-bond acceptors (Lipinski definition) is 26. The van der Waals surface area contributed by atoms with Gasteiger partial charge in [0.05, 0.1) is 50.8 Å². The van der Waals surface area contributed by atoms with Crippen molar-refractivity contribution in [3.8, 4) is 0 Å². The number of aliphatic hydroxyl groups excluding tert-OH is 13. The summed E-state index contributed by atoms with van der Waals surface area (Å²) in [6, 6.07) is -3.29. The van der Waals surface area contributed by atoms with Crippen molar-refractivity contribution < 1.29 is 133 Å². The lowest BCUT2D eigenvalue weighted by Crippen LogP contribution is -2.71. The fourth-order valence-corrected chi connectivity index (χ4v) is 8.77. The van der Waals surface area contributed by atoms with E-state index in [1.165, 1.54) is 6.92 Å². The number of carbonyl (C=O) groups is 3. The smallest absolute Gasteiger partial charge is 0.364 e. The van der Waals surface area contributed by atoms with Crippen molar-refractivity contribution in [1.29, 1.82) is 0 Å². The number of ether oxygens (including phenoxy) is 10. The van der Waals surface area contributed by atoms with Gasteiger partial charge in [-0.15, -0.1) is 0 Å². The fraction of sp³-hybridized carbons (Fsp3) is 0.923. The largest absolute Gasteiger partial charge is 0.477 e. The average Bonchev–Trinajstić information content (AvgIpc) is 3.28. The van der Waals surface area contributed by atoms with Crippen LogP contribution in [-0.4, -0.2) is 275 Å².